The molecule has 0 spiro atoms. The summed E-state index contributed by atoms with van der Waals surface area (Å²) < 4.78 is 76.7. The number of aryl methyl sites for hydroxylation is 1. The first kappa shape index (κ1) is 27.6. The van der Waals surface area contributed by atoms with Crippen LogP contribution < -0.4 is 0 Å². The van der Waals surface area contributed by atoms with E-state index < -0.39 is 36.1 Å². The molecule has 194 valence electrons. The third-order valence-electron chi connectivity index (χ3n) is 7.18. The van der Waals surface area contributed by atoms with Crippen LogP contribution in [0, 0.1) is 17.6 Å². The summed E-state index contributed by atoms with van der Waals surface area (Å²) in [6.45, 7) is 3.41. The lowest BCUT2D eigenvalue weighted by atomic mass is 9.77. The van der Waals surface area contributed by atoms with E-state index in [1.807, 2.05) is 6.92 Å². The summed E-state index contributed by atoms with van der Waals surface area (Å²) in [4.78, 5) is 0. The van der Waals surface area contributed by atoms with Gasteiger partial charge in [-0.1, -0.05) is 70.2 Å². The maximum Gasteiger partial charge on any atom is 0.391 e. The number of alkyl halides is 3. The van der Waals surface area contributed by atoms with Crippen LogP contribution in [0.5, 0.6) is 0 Å². The first-order valence-corrected chi connectivity index (χ1v) is 13.0. The first-order chi connectivity index (χ1) is 16.7. The predicted molar refractivity (Wildman–Crippen MR) is 129 cm³/mol. The third kappa shape index (κ3) is 7.52. The van der Waals surface area contributed by atoms with E-state index in [9.17, 15) is 22.0 Å². The Morgan fingerprint density at radius 2 is 1.66 bits per heavy atom. The quantitative estimate of drug-likeness (QED) is 0.210. The van der Waals surface area contributed by atoms with Crippen molar-refractivity contribution in [1.82, 2.24) is 0 Å². The van der Waals surface area contributed by atoms with Crippen LogP contribution in [0.2, 0.25) is 0 Å². The van der Waals surface area contributed by atoms with Crippen LogP contribution in [-0.4, -0.2) is 6.11 Å². The molecule has 0 heterocycles. The largest absolute Gasteiger partial charge is 0.391 e. The molecule has 35 heavy (non-hydrogen) atoms. The van der Waals surface area contributed by atoms with Crippen molar-refractivity contribution < 1.29 is 26.7 Å². The van der Waals surface area contributed by atoms with E-state index in [1.165, 1.54) is 37.8 Å². The van der Waals surface area contributed by atoms with Gasteiger partial charge in [-0.15, -0.1) is 0 Å². The van der Waals surface area contributed by atoms with Crippen molar-refractivity contribution in [3.63, 3.8) is 0 Å². The summed E-state index contributed by atoms with van der Waals surface area (Å²) in [5, 5.41) is 0. The van der Waals surface area contributed by atoms with Gasteiger partial charge in [-0.05, 0) is 78.3 Å². The van der Waals surface area contributed by atoms with Crippen molar-refractivity contribution >= 4 is 0 Å². The Balaban J connectivity index is 1.56. The molecule has 0 amide bonds. The molecule has 0 bridgehead atoms. The van der Waals surface area contributed by atoms with Crippen molar-refractivity contribution in [2.24, 2.45) is 5.92 Å². The van der Waals surface area contributed by atoms with Crippen LogP contribution in [0.1, 0.15) is 106 Å². The minimum absolute atomic E-state index is 0.134. The highest BCUT2D eigenvalue weighted by Gasteiger charge is 2.43. The number of halogens is 5. The Labute approximate surface area is 206 Å². The molecule has 1 atom stereocenters. The van der Waals surface area contributed by atoms with Gasteiger partial charge in [0.25, 0.3) is 0 Å². The standard InChI is InChI=1S/C29H37F5O/c1-3-5-6-8-20-9-12-22(13-10-20)25-16-11-21(17-27(25)31)19-35-29(33,34)28(32)24-15-14-23(7-4-2)26(30)18-24/h11,14-18,20,22,28H,3-10,12-13,19H2,1-2H3. The zero-order valence-corrected chi connectivity index (χ0v) is 20.8. The lowest BCUT2D eigenvalue weighted by molar-refractivity contribution is -0.282. The van der Waals surface area contributed by atoms with E-state index in [0.717, 1.165) is 37.8 Å². The van der Waals surface area contributed by atoms with Gasteiger partial charge in [-0.25, -0.2) is 13.2 Å². The molecular weight excluding hydrogens is 459 g/mol. The topological polar surface area (TPSA) is 9.23 Å². The van der Waals surface area contributed by atoms with E-state index in [4.69, 9.17) is 0 Å². The van der Waals surface area contributed by atoms with E-state index in [1.54, 1.807) is 12.1 Å². The van der Waals surface area contributed by atoms with Gasteiger partial charge in [0.1, 0.15) is 11.6 Å². The van der Waals surface area contributed by atoms with Gasteiger partial charge in [-0.3, -0.25) is 0 Å². The highest BCUT2D eigenvalue weighted by Crippen LogP contribution is 2.40. The summed E-state index contributed by atoms with van der Waals surface area (Å²) >= 11 is 0. The van der Waals surface area contributed by atoms with Gasteiger partial charge >= 0.3 is 6.11 Å². The number of hydrogen-bond donors (Lipinski definition) is 0. The number of hydrogen-bond acceptors (Lipinski definition) is 1. The Morgan fingerprint density at radius 1 is 0.914 bits per heavy atom. The fourth-order valence-corrected chi connectivity index (χ4v) is 5.08. The summed E-state index contributed by atoms with van der Waals surface area (Å²) in [5.41, 5.74) is 0.682. The molecule has 1 aliphatic rings. The zero-order chi connectivity index (χ0) is 25.4. The van der Waals surface area contributed by atoms with Gasteiger partial charge in [0.2, 0.25) is 6.17 Å². The maximum atomic E-state index is 14.8. The summed E-state index contributed by atoms with van der Waals surface area (Å²) in [5.74, 6) is -0.306. The van der Waals surface area contributed by atoms with Crippen molar-refractivity contribution in [3.8, 4) is 0 Å². The molecule has 1 nitrogen and oxygen atoms in total. The summed E-state index contributed by atoms with van der Waals surface area (Å²) in [7, 11) is 0. The Hall–Kier alpha value is -1.95. The Bertz CT molecular complexity index is 937. The molecule has 1 aliphatic carbocycles. The van der Waals surface area contributed by atoms with Gasteiger partial charge < -0.3 is 4.74 Å². The number of rotatable bonds is 12. The van der Waals surface area contributed by atoms with Crippen LogP contribution in [-0.2, 0) is 17.8 Å². The minimum atomic E-state index is -4.18. The predicted octanol–water partition coefficient (Wildman–Crippen LogP) is 9.59. The second kappa shape index (κ2) is 12.8. The first-order valence-electron chi connectivity index (χ1n) is 13.0. The van der Waals surface area contributed by atoms with Gasteiger partial charge in [-0.2, -0.15) is 8.78 Å². The van der Waals surface area contributed by atoms with Crippen LogP contribution in [0.4, 0.5) is 22.0 Å². The SMILES string of the molecule is CCCCCC1CCC(c2ccc(COC(F)(F)C(F)c3ccc(CCC)c(F)c3)cc2F)CC1. The van der Waals surface area contributed by atoms with Gasteiger partial charge in [0, 0.05) is 0 Å². The van der Waals surface area contributed by atoms with Crippen LogP contribution >= 0.6 is 0 Å². The Morgan fingerprint density at radius 3 is 2.29 bits per heavy atom. The molecule has 6 heteroatoms. The minimum Gasteiger partial charge on any atom is -0.313 e. The molecule has 0 N–H and O–H groups in total. The smallest absolute Gasteiger partial charge is 0.313 e. The summed E-state index contributed by atoms with van der Waals surface area (Å²) in [6.07, 6.45) is 3.10. The van der Waals surface area contributed by atoms with E-state index in [2.05, 4.69) is 11.7 Å². The zero-order valence-electron chi connectivity index (χ0n) is 20.8. The molecule has 1 saturated carbocycles. The number of ether oxygens (including phenoxy) is 1. The lowest BCUT2D eigenvalue weighted by Crippen LogP contribution is -2.27. The Kier molecular flexibility index (Phi) is 10.1. The number of benzene rings is 2. The molecule has 0 aliphatic heterocycles. The molecule has 3 rings (SSSR count). The molecular formula is C29H37F5O. The molecule has 0 saturated heterocycles. The molecule has 0 aromatic heterocycles. The molecule has 2 aromatic carbocycles. The van der Waals surface area contributed by atoms with E-state index in [-0.39, 0.29) is 11.5 Å². The second-order valence-corrected chi connectivity index (χ2v) is 9.88. The normalized spacial score (nSPS) is 19.6. The lowest BCUT2D eigenvalue weighted by Gasteiger charge is -2.29. The fraction of sp³-hybridized carbons (Fsp3) is 0.586. The fourth-order valence-electron chi connectivity index (χ4n) is 5.08. The highest BCUT2D eigenvalue weighted by molar-refractivity contribution is 5.28. The maximum absolute atomic E-state index is 14.8. The van der Waals surface area contributed by atoms with Crippen molar-refractivity contribution in [2.75, 3.05) is 0 Å². The van der Waals surface area contributed by atoms with Crippen molar-refractivity contribution in [2.45, 2.75) is 103 Å². The summed E-state index contributed by atoms with van der Waals surface area (Å²) in [6, 6.07) is 7.68. The molecule has 1 unspecified atom stereocenters. The molecule has 0 radical (unpaired) electrons. The van der Waals surface area contributed by atoms with Gasteiger partial charge in [0.15, 0.2) is 0 Å². The van der Waals surface area contributed by atoms with Crippen LogP contribution in [0.3, 0.4) is 0 Å². The average molecular weight is 497 g/mol. The highest BCUT2D eigenvalue weighted by atomic mass is 19.3. The van der Waals surface area contributed by atoms with Gasteiger partial charge in [0.05, 0.1) is 6.61 Å². The molecule has 2 aromatic rings. The van der Waals surface area contributed by atoms with Crippen molar-refractivity contribution in [1.29, 1.82) is 0 Å². The second-order valence-electron chi connectivity index (χ2n) is 9.88. The van der Waals surface area contributed by atoms with Crippen molar-refractivity contribution in [3.05, 3.63) is 70.3 Å². The molecule has 1 fully saturated rings. The van der Waals surface area contributed by atoms with E-state index in [0.29, 0.717) is 29.9 Å². The number of unbranched alkanes of at least 4 members (excludes halogenated alkanes) is 2. The van der Waals surface area contributed by atoms with E-state index >= 15 is 0 Å². The van der Waals surface area contributed by atoms with Crippen LogP contribution in [0.25, 0.3) is 0 Å². The third-order valence-corrected chi connectivity index (χ3v) is 7.18. The van der Waals surface area contributed by atoms with Crippen LogP contribution in [0.15, 0.2) is 36.4 Å². The monoisotopic (exact) mass is 496 g/mol. The average Bonchev–Trinajstić information content (AvgIpc) is 2.84.